The number of hydrogen-bond donors (Lipinski definition) is 0. The van der Waals surface area contributed by atoms with Crippen LogP contribution in [0.2, 0.25) is 0 Å². The topological polar surface area (TPSA) is 92.7 Å². The van der Waals surface area contributed by atoms with Gasteiger partial charge in [0.2, 0.25) is 15.9 Å². The molecule has 8 nitrogen and oxygen atoms in total. The lowest BCUT2D eigenvalue weighted by atomic mass is 10.2. The highest BCUT2D eigenvalue weighted by atomic mass is 32.2. The first-order valence-electron chi connectivity index (χ1n) is 11.3. The molecule has 0 radical (unpaired) electrons. The quantitative estimate of drug-likeness (QED) is 0.423. The van der Waals surface area contributed by atoms with Gasteiger partial charge in [-0.05, 0) is 48.9 Å². The minimum atomic E-state index is -3.77. The number of para-hydroxylation sites is 2. The van der Waals surface area contributed by atoms with E-state index in [2.05, 4.69) is 9.97 Å². The highest BCUT2D eigenvalue weighted by Gasteiger charge is 2.32. The van der Waals surface area contributed by atoms with Crippen LogP contribution in [0, 0.1) is 6.92 Å². The second-order valence-corrected chi connectivity index (χ2v) is 10.2. The summed E-state index contributed by atoms with van der Waals surface area (Å²) >= 11 is 0. The van der Waals surface area contributed by atoms with Crippen LogP contribution in [-0.4, -0.2) is 59.7 Å². The SMILES string of the molecule is Cc1cnc2c(S(=O)(=O)N3CCN(C(=O)c4cccnc4Oc4ccccc4)CC3)cccc2c1. The highest BCUT2D eigenvalue weighted by molar-refractivity contribution is 7.89. The number of piperazine rings is 1. The van der Waals surface area contributed by atoms with Crippen LogP contribution in [-0.2, 0) is 10.0 Å². The van der Waals surface area contributed by atoms with Crippen LogP contribution >= 0.6 is 0 Å². The predicted molar refractivity (Wildman–Crippen MR) is 132 cm³/mol. The average Bonchev–Trinajstić information content (AvgIpc) is 2.89. The van der Waals surface area contributed by atoms with Gasteiger partial charge in [0.15, 0.2) is 0 Å². The first-order valence-corrected chi connectivity index (χ1v) is 12.7. The Kier molecular flexibility index (Phi) is 6.19. The van der Waals surface area contributed by atoms with Gasteiger partial charge in [0.25, 0.3) is 5.91 Å². The van der Waals surface area contributed by atoms with Crippen molar-refractivity contribution in [3.8, 4) is 11.6 Å². The zero-order chi connectivity index (χ0) is 24.4. The smallest absolute Gasteiger partial charge is 0.259 e. The summed E-state index contributed by atoms with van der Waals surface area (Å²) < 4.78 is 34.1. The van der Waals surface area contributed by atoms with Crippen molar-refractivity contribution in [1.29, 1.82) is 0 Å². The highest BCUT2D eigenvalue weighted by Crippen LogP contribution is 2.27. The van der Waals surface area contributed by atoms with E-state index in [1.54, 1.807) is 53.7 Å². The molecule has 2 aromatic carbocycles. The molecule has 4 aromatic rings. The van der Waals surface area contributed by atoms with Crippen molar-refractivity contribution in [2.75, 3.05) is 26.2 Å². The fourth-order valence-corrected chi connectivity index (χ4v) is 5.71. The lowest BCUT2D eigenvalue weighted by molar-refractivity contribution is 0.0694. The van der Waals surface area contributed by atoms with Crippen LogP contribution in [0.25, 0.3) is 10.9 Å². The number of pyridine rings is 2. The molecule has 0 aliphatic carbocycles. The fraction of sp³-hybridized carbons (Fsp3) is 0.192. The molecule has 1 fully saturated rings. The van der Waals surface area contributed by atoms with Gasteiger partial charge in [-0.3, -0.25) is 9.78 Å². The zero-order valence-corrected chi connectivity index (χ0v) is 20.0. The molecule has 2 aromatic heterocycles. The molecule has 0 atom stereocenters. The standard InChI is InChI=1S/C26H24N4O4S/c1-19-17-20-7-5-11-23(24(20)28-18-19)35(32,33)30-15-13-29(14-16-30)26(31)22-10-6-12-27-25(22)34-21-8-3-2-4-9-21/h2-12,17-18H,13-16H2,1H3. The van der Waals surface area contributed by atoms with Crippen molar-refractivity contribution in [3.63, 3.8) is 0 Å². The van der Waals surface area contributed by atoms with Gasteiger partial charge in [-0.1, -0.05) is 30.3 Å². The molecule has 1 aliphatic heterocycles. The van der Waals surface area contributed by atoms with E-state index in [4.69, 9.17) is 4.74 Å². The number of amides is 1. The maximum Gasteiger partial charge on any atom is 0.259 e. The third-order valence-corrected chi connectivity index (χ3v) is 7.84. The van der Waals surface area contributed by atoms with E-state index < -0.39 is 10.0 Å². The second-order valence-electron chi connectivity index (χ2n) is 8.31. The van der Waals surface area contributed by atoms with E-state index in [-0.39, 0.29) is 42.9 Å². The monoisotopic (exact) mass is 488 g/mol. The summed E-state index contributed by atoms with van der Waals surface area (Å²) in [6.45, 7) is 2.81. The summed E-state index contributed by atoms with van der Waals surface area (Å²) in [4.78, 5) is 23.7. The van der Waals surface area contributed by atoms with Gasteiger partial charge in [0.05, 0.1) is 5.52 Å². The number of aromatic nitrogens is 2. The molecule has 5 rings (SSSR count). The molecule has 1 aliphatic rings. The number of carbonyl (C=O) groups is 1. The average molecular weight is 489 g/mol. The zero-order valence-electron chi connectivity index (χ0n) is 19.2. The molecule has 178 valence electrons. The van der Waals surface area contributed by atoms with E-state index in [1.807, 2.05) is 37.3 Å². The van der Waals surface area contributed by atoms with Crippen LogP contribution in [0.3, 0.4) is 0 Å². The molecular weight excluding hydrogens is 464 g/mol. The maximum atomic E-state index is 13.4. The van der Waals surface area contributed by atoms with E-state index in [0.717, 1.165) is 10.9 Å². The molecular formula is C26H24N4O4S. The van der Waals surface area contributed by atoms with Gasteiger partial charge in [0.1, 0.15) is 16.2 Å². The largest absolute Gasteiger partial charge is 0.438 e. The van der Waals surface area contributed by atoms with Gasteiger partial charge in [-0.25, -0.2) is 13.4 Å². The Labute approximate surface area is 203 Å². The van der Waals surface area contributed by atoms with E-state index in [9.17, 15) is 13.2 Å². The van der Waals surface area contributed by atoms with Gasteiger partial charge in [-0.2, -0.15) is 4.31 Å². The van der Waals surface area contributed by atoms with Gasteiger partial charge in [0, 0.05) is 44.0 Å². The summed E-state index contributed by atoms with van der Waals surface area (Å²) in [6, 6.07) is 19.6. The van der Waals surface area contributed by atoms with Crippen LogP contribution in [0.1, 0.15) is 15.9 Å². The van der Waals surface area contributed by atoms with E-state index in [0.29, 0.717) is 16.8 Å². The van der Waals surface area contributed by atoms with Crippen molar-refractivity contribution in [3.05, 3.63) is 90.3 Å². The summed E-state index contributed by atoms with van der Waals surface area (Å²) in [6.07, 6.45) is 3.24. The number of nitrogens with zero attached hydrogens (tertiary/aromatic N) is 4. The van der Waals surface area contributed by atoms with Crippen LogP contribution in [0.15, 0.2) is 84.0 Å². The summed E-state index contributed by atoms with van der Waals surface area (Å²) in [5, 5.41) is 0.780. The number of carbonyl (C=O) groups excluding carboxylic acids is 1. The third kappa shape index (κ3) is 4.60. The number of hydrogen-bond acceptors (Lipinski definition) is 6. The van der Waals surface area contributed by atoms with Crippen LogP contribution in [0.4, 0.5) is 0 Å². The third-order valence-electron chi connectivity index (χ3n) is 5.91. The Morgan fingerprint density at radius 2 is 1.69 bits per heavy atom. The lowest BCUT2D eigenvalue weighted by Crippen LogP contribution is -2.50. The maximum absolute atomic E-state index is 13.4. The number of rotatable bonds is 5. The van der Waals surface area contributed by atoms with Crippen molar-refractivity contribution in [1.82, 2.24) is 19.2 Å². The molecule has 35 heavy (non-hydrogen) atoms. The van der Waals surface area contributed by atoms with Crippen molar-refractivity contribution in [2.24, 2.45) is 0 Å². The molecule has 3 heterocycles. The lowest BCUT2D eigenvalue weighted by Gasteiger charge is -2.34. The van der Waals surface area contributed by atoms with Crippen LogP contribution in [0.5, 0.6) is 11.6 Å². The molecule has 9 heteroatoms. The van der Waals surface area contributed by atoms with E-state index in [1.165, 1.54) is 4.31 Å². The van der Waals surface area contributed by atoms with Crippen LogP contribution < -0.4 is 4.74 Å². The Hall–Kier alpha value is -3.82. The van der Waals surface area contributed by atoms with Crippen molar-refractivity contribution in [2.45, 2.75) is 11.8 Å². The Morgan fingerprint density at radius 3 is 2.46 bits per heavy atom. The molecule has 0 spiro atoms. The summed E-state index contributed by atoms with van der Waals surface area (Å²) in [5.74, 6) is 0.550. The molecule has 1 amide bonds. The molecule has 0 N–H and O–H groups in total. The number of benzene rings is 2. The molecule has 0 bridgehead atoms. The van der Waals surface area contributed by atoms with Gasteiger partial charge in [-0.15, -0.1) is 0 Å². The van der Waals surface area contributed by atoms with Gasteiger partial charge >= 0.3 is 0 Å². The van der Waals surface area contributed by atoms with E-state index >= 15 is 0 Å². The summed E-state index contributed by atoms with van der Waals surface area (Å²) in [5.41, 5.74) is 1.75. The van der Waals surface area contributed by atoms with Gasteiger partial charge < -0.3 is 9.64 Å². The number of sulfonamides is 1. The Bertz CT molecular complexity index is 1480. The molecule has 0 saturated carbocycles. The number of ether oxygens (including phenoxy) is 1. The number of fused-ring (bicyclic) bond motifs is 1. The minimum Gasteiger partial charge on any atom is -0.438 e. The minimum absolute atomic E-state index is 0.181. The molecule has 1 saturated heterocycles. The first kappa shape index (κ1) is 22.9. The fourth-order valence-electron chi connectivity index (χ4n) is 4.13. The Balaban J connectivity index is 1.33. The Morgan fingerprint density at radius 1 is 0.914 bits per heavy atom. The number of aryl methyl sites for hydroxylation is 1. The molecule has 0 unspecified atom stereocenters. The second kappa shape index (κ2) is 9.44. The normalized spacial score (nSPS) is 14.7. The summed E-state index contributed by atoms with van der Waals surface area (Å²) in [7, 11) is -3.77. The predicted octanol–water partition coefficient (Wildman–Crippen LogP) is 3.88. The van der Waals surface area contributed by atoms with Crippen molar-refractivity contribution >= 4 is 26.8 Å². The van der Waals surface area contributed by atoms with Crippen molar-refractivity contribution < 1.29 is 17.9 Å². The first-order chi connectivity index (χ1) is 16.9.